The summed E-state index contributed by atoms with van der Waals surface area (Å²) < 4.78 is 16.4. The molecule has 0 amide bonds. The molecule has 64 valence electrons. The number of hydrogen-bond acceptors (Lipinski definition) is 4. The Hall–Kier alpha value is 0.383. The predicted molar refractivity (Wildman–Crippen MR) is 41.4 cm³/mol. The maximum absolute atomic E-state index is 5.46. The molecule has 4 nitrogen and oxygen atoms in total. The molecule has 0 N–H and O–H groups in total. The summed E-state index contributed by atoms with van der Waals surface area (Å²) in [6.07, 6.45) is 0. The normalized spacial score (nSPS) is 39.3. The second-order valence-corrected chi connectivity index (χ2v) is 6.05. The zero-order chi connectivity index (χ0) is 7.52. The van der Waals surface area contributed by atoms with Gasteiger partial charge in [0.1, 0.15) is 0 Å². The third kappa shape index (κ3) is 2.16. The first-order valence-electron chi connectivity index (χ1n) is 4.02. The van der Waals surface area contributed by atoms with E-state index in [4.69, 9.17) is 11.3 Å². The molecule has 11 heavy (non-hydrogen) atoms. The van der Waals surface area contributed by atoms with Crippen LogP contribution in [0.1, 0.15) is 0 Å². The van der Waals surface area contributed by atoms with Crippen LogP contribution in [0.2, 0.25) is 0 Å². The summed E-state index contributed by atoms with van der Waals surface area (Å²) in [7, 11) is 0. The third-order valence-electron chi connectivity index (χ3n) is 1.98. The Kier molecular flexibility index (Phi) is 2.81. The van der Waals surface area contributed by atoms with Crippen molar-refractivity contribution in [3.63, 3.8) is 0 Å². The van der Waals surface area contributed by atoms with Gasteiger partial charge in [0.25, 0.3) is 0 Å². The molecule has 0 aromatic carbocycles. The number of nitrogens with zero attached hydrogens (tertiary/aromatic N) is 1. The molecule has 0 spiro atoms. The fraction of sp³-hybridized carbons (Fsp3) is 1.00. The molecule has 0 saturated carbocycles. The van der Waals surface area contributed by atoms with E-state index in [9.17, 15) is 0 Å². The summed E-state index contributed by atoms with van der Waals surface area (Å²) in [5.74, 6) is 0. The van der Waals surface area contributed by atoms with E-state index in [1.807, 2.05) is 0 Å². The van der Waals surface area contributed by atoms with Gasteiger partial charge in [-0.25, -0.2) is 0 Å². The Bertz CT molecular complexity index is 99.2. The van der Waals surface area contributed by atoms with Gasteiger partial charge in [-0.05, 0) is 0 Å². The molecular formula is C6H13GeNO3. The Morgan fingerprint density at radius 3 is 1.73 bits per heavy atom. The van der Waals surface area contributed by atoms with Crippen molar-refractivity contribution >= 4 is 15.4 Å². The van der Waals surface area contributed by atoms with Gasteiger partial charge < -0.3 is 0 Å². The first-order valence-corrected chi connectivity index (χ1v) is 6.99. The van der Waals surface area contributed by atoms with Crippen LogP contribution in [-0.2, 0) is 11.3 Å². The molecule has 0 atom stereocenters. The van der Waals surface area contributed by atoms with E-state index in [0.717, 1.165) is 39.5 Å². The van der Waals surface area contributed by atoms with Gasteiger partial charge in [0.05, 0.1) is 0 Å². The second kappa shape index (κ2) is 3.86. The van der Waals surface area contributed by atoms with Crippen molar-refractivity contribution in [2.24, 2.45) is 0 Å². The fourth-order valence-electron chi connectivity index (χ4n) is 1.31. The van der Waals surface area contributed by atoms with Crippen molar-refractivity contribution in [1.82, 2.24) is 4.90 Å². The standard InChI is InChI=1S/C6H13GeNO3/c1-4-9-7-10-5-2-8(1)3-6-11-7/h7H,1-6H2. The molecule has 5 heteroatoms. The Labute approximate surface area is 71.5 Å². The van der Waals surface area contributed by atoms with E-state index >= 15 is 0 Å². The quantitative estimate of drug-likeness (QED) is 0.494. The van der Waals surface area contributed by atoms with E-state index in [1.165, 1.54) is 0 Å². The topological polar surface area (TPSA) is 30.9 Å². The monoisotopic (exact) mass is 221 g/mol. The zero-order valence-corrected chi connectivity index (χ0v) is 8.91. The van der Waals surface area contributed by atoms with E-state index in [2.05, 4.69) is 4.90 Å². The third-order valence-corrected chi connectivity index (χ3v) is 5.18. The molecule has 0 unspecified atom stereocenters. The van der Waals surface area contributed by atoms with E-state index in [0.29, 0.717) is 0 Å². The summed E-state index contributed by atoms with van der Waals surface area (Å²) in [6.45, 7) is 5.54. The van der Waals surface area contributed by atoms with Gasteiger partial charge in [-0.15, -0.1) is 0 Å². The summed E-state index contributed by atoms with van der Waals surface area (Å²) in [5.41, 5.74) is 0. The molecule has 0 aromatic rings. The van der Waals surface area contributed by atoms with Crippen LogP contribution in [-0.4, -0.2) is 59.7 Å². The van der Waals surface area contributed by atoms with Crippen LogP contribution in [0.25, 0.3) is 0 Å². The number of fused-ring (bicyclic) bond motifs is 6. The van der Waals surface area contributed by atoms with Gasteiger partial charge in [0.15, 0.2) is 0 Å². The van der Waals surface area contributed by atoms with E-state index in [1.54, 1.807) is 0 Å². The molecule has 3 rings (SSSR count). The molecule has 3 saturated heterocycles. The van der Waals surface area contributed by atoms with Crippen molar-refractivity contribution < 1.29 is 11.3 Å². The van der Waals surface area contributed by atoms with Gasteiger partial charge in [-0.1, -0.05) is 0 Å². The summed E-state index contributed by atoms with van der Waals surface area (Å²) in [4.78, 5) is 2.32. The Morgan fingerprint density at radius 2 is 1.27 bits per heavy atom. The average molecular weight is 220 g/mol. The Balaban J connectivity index is 1.96. The minimum atomic E-state index is -2.14. The van der Waals surface area contributed by atoms with Crippen molar-refractivity contribution in [1.29, 1.82) is 0 Å². The fourth-order valence-corrected chi connectivity index (χ4v) is 3.79. The summed E-state index contributed by atoms with van der Waals surface area (Å²) in [6, 6.07) is 0. The minimum absolute atomic E-state index is 0.796. The van der Waals surface area contributed by atoms with E-state index < -0.39 is 15.4 Å². The van der Waals surface area contributed by atoms with Crippen LogP contribution in [0.5, 0.6) is 0 Å². The molecule has 2 bridgehead atoms. The molecule has 3 fully saturated rings. The van der Waals surface area contributed by atoms with Crippen LogP contribution in [0.15, 0.2) is 0 Å². The molecule has 0 aromatic heterocycles. The molecule has 0 aliphatic carbocycles. The van der Waals surface area contributed by atoms with Crippen LogP contribution >= 0.6 is 0 Å². The van der Waals surface area contributed by atoms with E-state index in [-0.39, 0.29) is 0 Å². The second-order valence-electron chi connectivity index (χ2n) is 2.74. The van der Waals surface area contributed by atoms with Crippen molar-refractivity contribution in [2.75, 3.05) is 39.5 Å². The average Bonchev–Trinajstić information content (AvgIpc) is 1.80. The summed E-state index contributed by atoms with van der Waals surface area (Å²) in [5, 5.41) is 0. The maximum atomic E-state index is 5.46. The summed E-state index contributed by atoms with van der Waals surface area (Å²) >= 11 is -2.14. The van der Waals surface area contributed by atoms with Crippen molar-refractivity contribution in [3.8, 4) is 0 Å². The predicted octanol–water partition coefficient (Wildman–Crippen LogP) is -0.917. The first kappa shape index (κ1) is 8.00. The number of hydrogen-bond donors (Lipinski definition) is 0. The van der Waals surface area contributed by atoms with Gasteiger partial charge in [-0.2, -0.15) is 0 Å². The van der Waals surface area contributed by atoms with Crippen LogP contribution in [0, 0.1) is 0 Å². The van der Waals surface area contributed by atoms with Gasteiger partial charge >= 0.3 is 71.0 Å². The molecule has 0 radical (unpaired) electrons. The Morgan fingerprint density at radius 1 is 0.818 bits per heavy atom. The number of rotatable bonds is 0. The van der Waals surface area contributed by atoms with Crippen molar-refractivity contribution in [3.05, 3.63) is 0 Å². The molecule has 3 heterocycles. The van der Waals surface area contributed by atoms with Crippen LogP contribution < -0.4 is 0 Å². The molecule has 3 aliphatic heterocycles. The molecule has 3 aliphatic rings. The van der Waals surface area contributed by atoms with Gasteiger partial charge in [0.2, 0.25) is 0 Å². The zero-order valence-electron chi connectivity index (χ0n) is 6.49. The van der Waals surface area contributed by atoms with Crippen LogP contribution in [0.3, 0.4) is 0 Å². The van der Waals surface area contributed by atoms with Gasteiger partial charge in [0, 0.05) is 0 Å². The molecular weight excluding hydrogens is 207 g/mol. The SMILES string of the molecule is C1CN2CC[O][GeH]([O]1)[O]CC2. The first-order chi connectivity index (χ1) is 5.45. The van der Waals surface area contributed by atoms with Crippen LogP contribution in [0.4, 0.5) is 0 Å². The van der Waals surface area contributed by atoms with Gasteiger partial charge in [-0.3, -0.25) is 0 Å². The van der Waals surface area contributed by atoms with Crippen molar-refractivity contribution in [2.45, 2.75) is 0 Å².